The normalized spacial score (nSPS) is 15.2. The number of nitrogens with zero attached hydrogens (tertiary/aromatic N) is 4. The third-order valence-electron chi connectivity index (χ3n) is 11.1. The van der Waals surface area contributed by atoms with Gasteiger partial charge in [0.1, 0.15) is 11.5 Å². The quantitative estimate of drug-likeness (QED) is 0.155. The SMILES string of the molecule is Cc1cc2cc(C3CC3)ccc2c(=O)n1-c1cccc(-c2cc(Nc3ccc(C(=O)N4CCOCC4)cn3)c(=O)n(C)c2)c1CO[Si](C)(C)C(C)(C)C. The van der Waals surface area contributed by atoms with Crippen molar-refractivity contribution in [3.8, 4) is 16.8 Å². The van der Waals surface area contributed by atoms with E-state index >= 15 is 0 Å². The molecule has 276 valence electrons. The van der Waals surface area contributed by atoms with Gasteiger partial charge < -0.3 is 23.9 Å². The van der Waals surface area contributed by atoms with Crippen LogP contribution in [0.4, 0.5) is 11.5 Å². The zero-order valence-corrected chi connectivity index (χ0v) is 32.8. The monoisotopic (exact) mass is 731 g/mol. The van der Waals surface area contributed by atoms with Crippen molar-refractivity contribution in [1.82, 2.24) is 19.0 Å². The molecule has 1 aliphatic carbocycles. The summed E-state index contributed by atoms with van der Waals surface area (Å²) in [5, 5.41) is 4.81. The summed E-state index contributed by atoms with van der Waals surface area (Å²) < 4.78 is 15.6. The average Bonchev–Trinajstić information content (AvgIpc) is 3.98. The maximum atomic E-state index is 14.4. The van der Waals surface area contributed by atoms with E-state index in [-0.39, 0.29) is 22.1 Å². The molecular weight excluding hydrogens is 683 g/mol. The number of hydrogen-bond acceptors (Lipinski definition) is 7. The second kappa shape index (κ2) is 14.2. The molecular formula is C42H49N5O5Si. The summed E-state index contributed by atoms with van der Waals surface area (Å²) >= 11 is 0. The van der Waals surface area contributed by atoms with E-state index in [0.29, 0.717) is 61.3 Å². The van der Waals surface area contributed by atoms with E-state index in [1.807, 2.05) is 43.5 Å². The van der Waals surface area contributed by atoms with Gasteiger partial charge in [-0.1, -0.05) is 45.0 Å². The molecule has 53 heavy (non-hydrogen) atoms. The molecule has 2 aliphatic rings. The molecule has 0 bridgehead atoms. The van der Waals surface area contributed by atoms with E-state index in [4.69, 9.17) is 9.16 Å². The van der Waals surface area contributed by atoms with Crippen LogP contribution in [-0.2, 0) is 22.8 Å². The number of ether oxygens (including phenoxy) is 1. The lowest BCUT2D eigenvalue weighted by atomic mass is 9.98. The number of anilines is 2. The Morgan fingerprint density at radius 3 is 2.43 bits per heavy atom. The van der Waals surface area contributed by atoms with Crippen molar-refractivity contribution in [3.63, 3.8) is 0 Å². The van der Waals surface area contributed by atoms with Gasteiger partial charge in [0.15, 0.2) is 8.32 Å². The first-order valence-corrected chi connectivity index (χ1v) is 21.4. The number of nitrogens with one attached hydrogen (secondary N) is 1. The summed E-state index contributed by atoms with van der Waals surface area (Å²) in [7, 11) is -0.500. The molecule has 5 aromatic rings. The largest absolute Gasteiger partial charge is 0.412 e. The van der Waals surface area contributed by atoms with Crippen LogP contribution in [0.1, 0.15) is 66.7 Å². The van der Waals surface area contributed by atoms with Crippen molar-refractivity contribution in [1.29, 1.82) is 0 Å². The van der Waals surface area contributed by atoms with Crippen LogP contribution in [-0.4, -0.2) is 59.5 Å². The Morgan fingerprint density at radius 2 is 1.75 bits per heavy atom. The molecule has 1 aliphatic heterocycles. The van der Waals surface area contributed by atoms with Crippen molar-refractivity contribution in [2.24, 2.45) is 7.05 Å². The number of morpholine rings is 1. The summed E-state index contributed by atoms with van der Waals surface area (Å²) in [6.07, 6.45) is 5.75. The van der Waals surface area contributed by atoms with E-state index in [0.717, 1.165) is 33.5 Å². The molecule has 0 unspecified atom stereocenters. The van der Waals surface area contributed by atoms with Crippen molar-refractivity contribution < 1.29 is 14.0 Å². The minimum absolute atomic E-state index is 0.0276. The van der Waals surface area contributed by atoms with Crippen molar-refractivity contribution in [3.05, 3.63) is 116 Å². The highest BCUT2D eigenvalue weighted by Gasteiger charge is 2.37. The van der Waals surface area contributed by atoms with Crippen LogP contribution < -0.4 is 16.4 Å². The highest BCUT2D eigenvalue weighted by atomic mass is 28.4. The first-order valence-electron chi connectivity index (χ1n) is 18.5. The van der Waals surface area contributed by atoms with Gasteiger partial charge in [0, 0.05) is 54.7 Å². The maximum Gasteiger partial charge on any atom is 0.274 e. The number of aromatic nitrogens is 3. The van der Waals surface area contributed by atoms with Gasteiger partial charge in [-0.2, -0.15) is 0 Å². The van der Waals surface area contributed by atoms with Gasteiger partial charge in [-0.25, -0.2) is 4.98 Å². The first kappa shape index (κ1) is 36.5. The van der Waals surface area contributed by atoms with E-state index in [1.165, 1.54) is 24.6 Å². The average molecular weight is 732 g/mol. The molecule has 11 heteroatoms. The highest BCUT2D eigenvalue weighted by molar-refractivity contribution is 6.74. The van der Waals surface area contributed by atoms with Gasteiger partial charge in [0.05, 0.1) is 31.1 Å². The Hall–Kier alpha value is -4.84. The smallest absolute Gasteiger partial charge is 0.274 e. The van der Waals surface area contributed by atoms with Crippen LogP contribution in [0.15, 0.2) is 82.6 Å². The molecule has 2 aromatic carbocycles. The zero-order chi connectivity index (χ0) is 37.7. The number of aryl methyl sites for hydroxylation is 2. The van der Waals surface area contributed by atoms with Crippen molar-refractivity contribution >= 4 is 36.5 Å². The van der Waals surface area contributed by atoms with Crippen LogP contribution in [0.5, 0.6) is 0 Å². The number of carbonyl (C=O) groups is 1. The Labute approximate surface area is 311 Å². The molecule has 1 saturated carbocycles. The van der Waals surface area contributed by atoms with Crippen molar-refractivity contribution in [2.75, 3.05) is 31.6 Å². The Balaban J connectivity index is 1.29. The summed E-state index contributed by atoms with van der Waals surface area (Å²) in [5.74, 6) is 0.941. The molecule has 7 rings (SSSR count). The van der Waals surface area contributed by atoms with Crippen LogP contribution in [0.3, 0.4) is 0 Å². The molecule has 1 saturated heterocycles. The Kier molecular flexibility index (Phi) is 9.77. The number of amides is 1. The van der Waals surface area contributed by atoms with Gasteiger partial charge in [-0.15, -0.1) is 0 Å². The molecule has 1 amide bonds. The second-order valence-corrected chi connectivity index (χ2v) is 20.7. The summed E-state index contributed by atoms with van der Waals surface area (Å²) in [6.45, 7) is 15.5. The lowest BCUT2D eigenvalue weighted by molar-refractivity contribution is 0.0302. The zero-order valence-electron chi connectivity index (χ0n) is 31.8. The van der Waals surface area contributed by atoms with Gasteiger partial charge in [0.25, 0.3) is 17.0 Å². The number of hydrogen-bond donors (Lipinski definition) is 1. The van der Waals surface area contributed by atoms with Gasteiger partial charge in [0.2, 0.25) is 0 Å². The van der Waals surface area contributed by atoms with Crippen molar-refractivity contribution in [2.45, 2.75) is 71.2 Å². The molecule has 0 radical (unpaired) electrons. The standard InChI is InChI=1S/C42H49N5O5Si/c1-27-21-31-22-29(28-11-12-28)13-15-34(31)40(49)47(27)37-10-8-9-33(35(37)26-52-53(6,7)42(2,3)4)32-23-36(41(50)45(5)25-32)44-38-16-14-30(24-43-38)39(48)46-17-19-51-20-18-46/h8-10,13-16,21-25,28H,11-12,17-20,26H2,1-7H3,(H,43,44). The minimum Gasteiger partial charge on any atom is -0.412 e. The summed E-state index contributed by atoms with van der Waals surface area (Å²) in [6, 6.07) is 19.6. The lowest BCUT2D eigenvalue weighted by Crippen LogP contribution is -2.40. The molecule has 10 nitrogen and oxygen atoms in total. The molecule has 0 atom stereocenters. The topological polar surface area (TPSA) is 108 Å². The number of rotatable bonds is 9. The second-order valence-electron chi connectivity index (χ2n) is 15.9. The molecule has 4 heterocycles. The van der Waals surface area contributed by atoms with Gasteiger partial charge in [-0.3, -0.25) is 19.0 Å². The molecule has 2 fully saturated rings. The van der Waals surface area contributed by atoms with Gasteiger partial charge >= 0.3 is 0 Å². The minimum atomic E-state index is -2.22. The van der Waals surface area contributed by atoms with E-state index in [9.17, 15) is 14.4 Å². The van der Waals surface area contributed by atoms with E-state index < -0.39 is 8.32 Å². The fraction of sp³-hybridized carbons (Fsp3) is 0.381. The Morgan fingerprint density at radius 1 is 1.00 bits per heavy atom. The van der Waals surface area contributed by atoms with Crippen LogP contribution in [0, 0.1) is 6.92 Å². The van der Waals surface area contributed by atoms with Crippen LogP contribution in [0.2, 0.25) is 18.1 Å². The van der Waals surface area contributed by atoms with E-state index in [1.54, 1.807) is 33.2 Å². The summed E-state index contributed by atoms with van der Waals surface area (Å²) in [5.41, 5.74) is 5.90. The lowest BCUT2D eigenvalue weighted by Gasteiger charge is -2.36. The third kappa shape index (κ3) is 7.38. The highest BCUT2D eigenvalue weighted by Crippen LogP contribution is 2.41. The molecule has 0 spiro atoms. The predicted octanol–water partition coefficient (Wildman–Crippen LogP) is 7.68. The molecule has 3 aromatic heterocycles. The molecule has 1 N–H and O–H groups in total. The first-order chi connectivity index (χ1) is 25.2. The van der Waals surface area contributed by atoms with Crippen LogP contribution in [0.25, 0.3) is 27.6 Å². The third-order valence-corrected chi connectivity index (χ3v) is 15.6. The summed E-state index contributed by atoms with van der Waals surface area (Å²) in [4.78, 5) is 47.1. The van der Waals surface area contributed by atoms with Crippen LogP contribution >= 0.6 is 0 Å². The number of fused-ring (bicyclic) bond motifs is 1. The predicted molar refractivity (Wildman–Crippen MR) is 213 cm³/mol. The fourth-order valence-corrected chi connectivity index (χ4v) is 7.68. The van der Waals surface area contributed by atoms with E-state index in [2.05, 4.69) is 62.4 Å². The number of benzene rings is 2. The maximum absolute atomic E-state index is 14.4. The number of carbonyl (C=O) groups excluding carboxylic acids is 1. The fourth-order valence-electron chi connectivity index (χ4n) is 6.74. The van der Waals surface area contributed by atoms with Gasteiger partial charge in [-0.05, 0) is 96.7 Å². The Bertz CT molecular complexity index is 2310. The number of pyridine rings is 3.